The summed E-state index contributed by atoms with van der Waals surface area (Å²) < 4.78 is 0. The fraction of sp³-hybridized carbons (Fsp3) is 0.455. The van der Waals surface area contributed by atoms with Crippen LogP contribution in [0.2, 0.25) is 5.15 Å². The fourth-order valence-corrected chi connectivity index (χ4v) is 1.98. The molecular formula is C11H11ClN4O. The number of piperidine rings is 1. The molecular weight excluding hydrogens is 240 g/mol. The summed E-state index contributed by atoms with van der Waals surface area (Å²) in [4.78, 5) is 21.4. The molecule has 1 amide bonds. The highest BCUT2D eigenvalue weighted by atomic mass is 35.5. The van der Waals surface area contributed by atoms with Crippen LogP contribution in [0.5, 0.6) is 0 Å². The molecule has 1 aromatic rings. The van der Waals surface area contributed by atoms with Gasteiger partial charge in [0.05, 0.1) is 18.5 Å². The van der Waals surface area contributed by atoms with Gasteiger partial charge in [-0.05, 0) is 19.3 Å². The van der Waals surface area contributed by atoms with Crippen molar-refractivity contribution >= 4 is 17.5 Å². The maximum Gasteiger partial charge on any atom is 0.275 e. The second kappa shape index (κ2) is 5.11. The normalized spacial score (nSPS) is 19.8. The predicted octanol–water partition coefficient (Wildman–Crippen LogP) is 1.65. The third-order valence-electron chi connectivity index (χ3n) is 2.75. The average Bonchev–Trinajstić information content (AvgIpc) is 2.39. The van der Waals surface area contributed by atoms with Crippen molar-refractivity contribution in [2.24, 2.45) is 0 Å². The number of hydrogen-bond donors (Lipinski definition) is 0. The second-order valence-corrected chi connectivity index (χ2v) is 4.25. The summed E-state index contributed by atoms with van der Waals surface area (Å²) in [5.41, 5.74) is 0.233. The Labute approximate surface area is 104 Å². The molecule has 0 saturated carbocycles. The molecule has 1 fully saturated rings. The van der Waals surface area contributed by atoms with Crippen LogP contribution in [-0.4, -0.2) is 33.4 Å². The Kier molecular flexibility index (Phi) is 3.55. The Hall–Kier alpha value is -1.67. The topological polar surface area (TPSA) is 69.9 Å². The van der Waals surface area contributed by atoms with Gasteiger partial charge in [-0.25, -0.2) is 9.97 Å². The van der Waals surface area contributed by atoms with Crippen LogP contribution in [0.25, 0.3) is 0 Å². The van der Waals surface area contributed by atoms with Crippen LogP contribution in [0.15, 0.2) is 12.4 Å². The molecule has 5 nitrogen and oxygen atoms in total. The van der Waals surface area contributed by atoms with Gasteiger partial charge in [0.1, 0.15) is 16.9 Å². The van der Waals surface area contributed by atoms with Gasteiger partial charge in [0.25, 0.3) is 5.91 Å². The number of aromatic nitrogens is 2. The smallest absolute Gasteiger partial charge is 0.275 e. The number of amides is 1. The van der Waals surface area contributed by atoms with Crippen molar-refractivity contribution in [2.75, 3.05) is 6.54 Å². The summed E-state index contributed by atoms with van der Waals surface area (Å²) in [5.74, 6) is -0.250. The molecule has 6 heteroatoms. The molecule has 0 spiro atoms. The van der Waals surface area contributed by atoms with E-state index in [4.69, 9.17) is 16.9 Å². The highest BCUT2D eigenvalue weighted by Gasteiger charge is 2.28. The number of nitriles is 1. The van der Waals surface area contributed by atoms with Crippen LogP contribution in [0.1, 0.15) is 29.8 Å². The van der Waals surface area contributed by atoms with Crippen molar-refractivity contribution < 1.29 is 4.79 Å². The zero-order valence-electron chi connectivity index (χ0n) is 9.14. The Morgan fingerprint density at radius 3 is 2.94 bits per heavy atom. The molecule has 1 unspecified atom stereocenters. The van der Waals surface area contributed by atoms with E-state index in [1.165, 1.54) is 12.4 Å². The van der Waals surface area contributed by atoms with Gasteiger partial charge in [-0.2, -0.15) is 5.26 Å². The van der Waals surface area contributed by atoms with Gasteiger partial charge < -0.3 is 4.90 Å². The molecule has 0 N–H and O–H groups in total. The number of nitrogens with zero attached hydrogens (tertiary/aromatic N) is 4. The summed E-state index contributed by atoms with van der Waals surface area (Å²) in [5, 5.41) is 9.25. The lowest BCUT2D eigenvalue weighted by Crippen LogP contribution is -2.43. The van der Waals surface area contributed by atoms with Crippen molar-refractivity contribution in [3.05, 3.63) is 23.2 Å². The molecule has 2 heterocycles. The third-order valence-corrected chi connectivity index (χ3v) is 2.95. The average molecular weight is 251 g/mol. The van der Waals surface area contributed by atoms with Gasteiger partial charge in [0.2, 0.25) is 0 Å². The molecule has 2 rings (SSSR count). The zero-order chi connectivity index (χ0) is 12.3. The predicted molar refractivity (Wildman–Crippen MR) is 61.3 cm³/mol. The number of halogens is 1. The van der Waals surface area contributed by atoms with E-state index in [2.05, 4.69) is 16.0 Å². The van der Waals surface area contributed by atoms with Crippen LogP contribution in [-0.2, 0) is 0 Å². The van der Waals surface area contributed by atoms with Crippen molar-refractivity contribution in [3.63, 3.8) is 0 Å². The summed E-state index contributed by atoms with van der Waals surface area (Å²) in [6.07, 6.45) is 5.30. The largest absolute Gasteiger partial charge is 0.321 e. The number of hydrogen-bond acceptors (Lipinski definition) is 4. The Bertz CT molecular complexity index is 454. The minimum Gasteiger partial charge on any atom is -0.321 e. The van der Waals surface area contributed by atoms with Crippen molar-refractivity contribution in [2.45, 2.75) is 25.3 Å². The van der Waals surface area contributed by atoms with Gasteiger partial charge in [0, 0.05) is 6.54 Å². The minimum absolute atomic E-state index is 0.233. The van der Waals surface area contributed by atoms with Gasteiger partial charge in [-0.3, -0.25) is 4.79 Å². The highest BCUT2D eigenvalue weighted by molar-refractivity contribution is 6.29. The molecule has 1 aromatic heterocycles. The third kappa shape index (κ3) is 2.53. The standard InChI is InChI=1S/C11H11ClN4O/c12-10-7-14-9(6-15-10)11(17)16-4-2-1-3-8(16)5-13/h6-8H,1-4H2. The first-order valence-electron chi connectivity index (χ1n) is 5.40. The maximum absolute atomic E-state index is 12.1. The van der Waals surface area contributed by atoms with Gasteiger partial charge >= 0.3 is 0 Å². The SMILES string of the molecule is N#CC1CCCCN1C(=O)c1cnc(Cl)cn1. The number of carbonyl (C=O) groups is 1. The van der Waals surface area contributed by atoms with Crippen molar-refractivity contribution in [1.82, 2.24) is 14.9 Å². The van der Waals surface area contributed by atoms with E-state index in [-0.39, 0.29) is 22.8 Å². The fourth-order valence-electron chi connectivity index (χ4n) is 1.88. The zero-order valence-corrected chi connectivity index (χ0v) is 9.89. The van der Waals surface area contributed by atoms with E-state index in [0.29, 0.717) is 6.54 Å². The molecule has 1 atom stereocenters. The summed E-state index contributed by atoms with van der Waals surface area (Å²) in [7, 11) is 0. The lowest BCUT2D eigenvalue weighted by atomic mass is 10.0. The molecule has 1 aliphatic rings. The molecule has 17 heavy (non-hydrogen) atoms. The lowest BCUT2D eigenvalue weighted by molar-refractivity contribution is 0.0664. The van der Waals surface area contributed by atoms with Gasteiger partial charge in [0.15, 0.2) is 0 Å². The second-order valence-electron chi connectivity index (χ2n) is 3.86. The van der Waals surface area contributed by atoms with Crippen molar-refractivity contribution in [1.29, 1.82) is 5.26 Å². The van der Waals surface area contributed by atoms with E-state index in [1.807, 2.05) is 0 Å². The summed E-state index contributed by atoms with van der Waals surface area (Å²) in [6, 6.07) is 1.79. The number of likely N-dealkylation sites (tertiary alicyclic amines) is 1. The molecule has 88 valence electrons. The summed E-state index contributed by atoms with van der Waals surface area (Å²) in [6.45, 7) is 0.599. The van der Waals surface area contributed by atoms with Gasteiger partial charge in [-0.1, -0.05) is 11.6 Å². The van der Waals surface area contributed by atoms with Crippen LogP contribution in [0, 0.1) is 11.3 Å². The Morgan fingerprint density at radius 1 is 1.47 bits per heavy atom. The minimum atomic E-state index is -0.353. The van der Waals surface area contributed by atoms with Crippen LogP contribution >= 0.6 is 11.6 Å². The molecule has 0 aliphatic carbocycles. The molecule has 0 radical (unpaired) electrons. The molecule has 0 aromatic carbocycles. The monoisotopic (exact) mass is 250 g/mol. The highest BCUT2D eigenvalue weighted by Crippen LogP contribution is 2.18. The summed E-state index contributed by atoms with van der Waals surface area (Å²) >= 11 is 5.61. The first-order valence-corrected chi connectivity index (χ1v) is 5.78. The Morgan fingerprint density at radius 2 is 2.29 bits per heavy atom. The first-order chi connectivity index (χ1) is 8.22. The molecule has 1 saturated heterocycles. The van der Waals surface area contributed by atoms with Crippen LogP contribution < -0.4 is 0 Å². The number of carbonyl (C=O) groups excluding carboxylic acids is 1. The maximum atomic E-state index is 12.1. The van der Waals surface area contributed by atoms with Gasteiger partial charge in [-0.15, -0.1) is 0 Å². The number of rotatable bonds is 1. The first kappa shape index (κ1) is 11.8. The van der Waals surface area contributed by atoms with Crippen LogP contribution in [0.4, 0.5) is 0 Å². The molecule has 0 bridgehead atoms. The van der Waals surface area contributed by atoms with E-state index in [0.717, 1.165) is 19.3 Å². The molecule has 1 aliphatic heterocycles. The Balaban J connectivity index is 2.18. The quantitative estimate of drug-likeness (QED) is 0.760. The van der Waals surface area contributed by atoms with E-state index in [9.17, 15) is 4.79 Å². The van der Waals surface area contributed by atoms with Crippen LogP contribution in [0.3, 0.4) is 0 Å². The van der Waals surface area contributed by atoms with E-state index >= 15 is 0 Å². The van der Waals surface area contributed by atoms with E-state index < -0.39 is 0 Å². The van der Waals surface area contributed by atoms with E-state index in [1.54, 1.807) is 4.90 Å². The lowest BCUT2D eigenvalue weighted by Gasteiger charge is -2.30. The van der Waals surface area contributed by atoms with Crippen molar-refractivity contribution in [3.8, 4) is 6.07 Å².